The Balaban J connectivity index is 1.93. The lowest BCUT2D eigenvalue weighted by Crippen LogP contribution is -2.39. The SMILES string of the molecule is COCCS(=O)(=O)N1CCC(c2ccc(O)cc2)CC1. The number of methoxy groups -OCH3 is 1. The molecule has 0 radical (unpaired) electrons. The van der Waals surface area contributed by atoms with Crippen LogP contribution < -0.4 is 0 Å². The van der Waals surface area contributed by atoms with Crippen LogP contribution in [0.4, 0.5) is 0 Å². The molecule has 1 N–H and O–H groups in total. The van der Waals surface area contributed by atoms with Crippen LogP contribution >= 0.6 is 0 Å². The molecule has 0 bridgehead atoms. The summed E-state index contributed by atoms with van der Waals surface area (Å²) in [5.74, 6) is 0.672. The van der Waals surface area contributed by atoms with Gasteiger partial charge in [0.05, 0.1) is 12.4 Å². The maximum atomic E-state index is 12.0. The summed E-state index contributed by atoms with van der Waals surface area (Å²) in [6.07, 6.45) is 1.63. The van der Waals surface area contributed by atoms with Crippen molar-refractivity contribution in [3.63, 3.8) is 0 Å². The van der Waals surface area contributed by atoms with Gasteiger partial charge in [-0.1, -0.05) is 12.1 Å². The van der Waals surface area contributed by atoms with Crippen molar-refractivity contribution in [3.8, 4) is 5.75 Å². The Labute approximate surface area is 120 Å². The van der Waals surface area contributed by atoms with Crippen molar-refractivity contribution in [2.45, 2.75) is 18.8 Å². The van der Waals surface area contributed by atoms with Crippen molar-refractivity contribution in [1.29, 1.82) is 0 Å². The highest BCUT2D eigenvalue weighted by Gasteiger charge is 2.28. The minimum Gasteiger partial charge on any atom is -0.508 e. The van der Waals surface area contributed by atoms with E-state index in [0.717, 1.165) is 18.4 Å². The Bertz CT molecular complexity index is 519. The molecule has 112 valence electrons. The molecule has 0 atom stereocenters. The second kappa shape index (κ2) is 6.56. The molecule has 0 aromatic heterocycles. The van der Waals surface area contributed by atoms with Gasteiger partial charge in [-0.3, -0.25) is 0 Å². The van der Waals surface area contributed by atoms with E-state index < -0.39 is 10.0 Å². The van der Waals surface area contributed by atoms with Gasteiger partial charge in [0.1, 0.15) is 5.75 Å². The van der Waals surface area contributed by atoms with Crippen LogP contribution in [0, 0.1) is 0 Å². The summed E-state index contributed by atoms with van der Waals surface area (Å²) in [7, 11) is -1.68. The van der Waals surface area contributed by atoms with Gasteiger partial charge in [-0.25, -0.2) is 12.7 Å². The van der Waals surface area contributed by atoms with Gasteiger partial charge >= 0.3 is 0 Å². The van der Waals surface area contributed by atoms with Gasteiger partial charge in [0.15, 0.2) is 0 Å². The van der Waals surface area contributed by atoms with Crippen molar-refractivity contribution in [2.75, 3.05) is 32.6 Å². The van der Waals surface area contributed by atoms with Crippen molar-refractivity contribution in [2.24, 2.45) is 0 Å². The summed E-state index contributed by atoms with van der Waals surface area (Å²) in [5.41, 5.74) is 1.16. The fraction of sp³-hybridized carbons (Fsp3) is 0.571. The highest BCUT2D eigenvalue weighted by Crippen LogP contribution is 2.30. The van der Waals surface area contributed by atoms with E-state index in [-0.39, 0.29) is 18.1 Å². The molecule has 0 amide bonds. The monoisotopic (exact) mass is 299 g/mol. The second-order valence-corrected chi connectivity index (χ2v) is 7.16. The molecule has 1 saturated heterocycles. The number of ether oxygens (including phenoxy) is 1. The van der Waals surface area contributed by atoms with Crippen LogP contribution in [0.25, 0.3) is 0 Å². The lowest BCUT2D eigenvalue weighted by atomic mass is 9.90. The van der Waals surface area contributed by atoms with Crippen LogP contribution in [0.2, 0.25) is 0 Å². The zero-order valence-electron chi connectivity index (χ0n) is 11.7. The summed E-state index contributed by atoms with van der Waals surface area (Å²) in [4.78, 5) is 0. The number of sulfonamides is 1. The molecule has 1 aromatic rings. The molecule has 0 saturated carbocycles. The first-order chi connectivity index (χ1) is 9.53. The molecule has 1 aromatic carbocycles. The summed E-state index contributed by atoms with van der Waals surface area (Å²) in [6, 6.07) is 7.18. The minimum atomic E-state index is -3.19. The third-order valence-corrected chi connectivity index (χ3v) is 5.59. The average Bonchev–Trinajstić information content (AvgIpc) is 2.46. The van der Waals surface area contributed by atoms with Crippen LogP contribution in [0.3, 0.4) is 0 Å². The smallest absolute Gasteiger partial charge is 0.216 e. The Morgan fingerprint density at radius 3 is 2.40 bits per heavy atom. The summed E-state index contributed by atoms with van der Waals surface area (Å²) in [5, 5.41) is 9.29. The normalized spacial score (nSPS) is 18.2. The largest absolute Gasteiger partial charge is 0.508 e. The number of aromatic hydroxyl groups is 1. The highest BCUT2D eigenvalue weighted by molar-refractivity contribution is 7.89. The lowest BCUT2D eigenvalue weighted by Gasteiger charge is -2.31. The molecule has 1 fully saturated rings. The molecule has 0 unspecified atom stereocenters. The van der Waals surface area contributed by atoms with Crippen LogP contribution in [-0.2, 0) is 14.8 Å². The first-order valence-electron chi connectivity index (χ1n) is 6.78. The van der Waals surface area contributed by atoms with E-state index in [2.05, 4.69) is 0 Å². The second-order valence-electron chi connectivity index (χ2n) is 5.07. The summed E-state index contributed by atoms with van der Waals surface area (Å²) < 4.78 is 30.5. The molecule has 1 aliphatic rings. The zero-order chi connectivity index (χ0) is 14.6. The molecule has 0 spiro atoms. The molecule has 5 nitrogen and oxygen atoms in total. The van der Waals surface area contributed by atoms with Crippen LogP contribution in [-0.4, -0.2) is 50.4 Å². The van der Waals surface area contributed by atoms with Gasteiger partial charge in [-0.15, -0.1) is 0 Å². The van der Waals surface area contributed by atoms with E-state index in [1.54, 1.807) is 16.4 Å². The maximum Gasteiger partial charge on any atom is 0.216 e. The Morgan fingerprint density at radius 1 is 1.25 bits per heavy atom. The van der Waals surface area contributed by atoms with E-state index in [9.17, 15) is 13.5 Å². The predicted molar refractivity (Wildman–Crippen MR) is 77.3 cm³/mol. The van der Waals surface area contributed by atoms with Gasteiger partial charge in [0.2, 0.25) is 10.0 Å². The highest BCUT2D eigenvalue weighted by atomic mass is 32.2. The Hall–Kier alpha value is -1.11. The summed E-state index contributed by atoms with van der Waals surface area (Å²) >= 11 is 0. The number of rotatable bonds is 5. The Kier molecular flexibility index (Phi) is 5.01. The maximum absolute atomic E-state index is 12.0. The van der Waals surface area contributed by atoms with Crippen LogP contribution in [0.5, 0.6) is 5.75 Å². The zero-order valence-corrected chi connectivity index (χ0v) is 12.5. The van der Waals surface area contributed by atoms with Gasteiger partial charge in [-0.2, -0.15) is 0 Å². The molecular weight excluding hydrogens is 278 g/mol. The molecule has 2 rings (SSSR count). The molecule has 0 aliphatic carbocycles. The predicted octanol–water partition coefficient (Wildman–Crippen LogP) is 1.55. The molecule has 1 heterocycles. The van der Waals surface area contributed by atoms with Crippen molar-refractivity contribution in [1.82, 2.24) is 4.31 Å². The number of phenols is 1. The number of benzene rings is 1. The van der Waals surface area contributed by atoms with Gasteiger partial charge < -0.3 is 9.84 Å². The van der Waals surface area contributed by atoms with Crippen molar-refractivity contribution in [3.05, 3.63) is 29.8 Å². The number of hydrogen-bond acceptors (Lipinski definition) is 4. The standard InChI is InChI=1S/C14H21NO4S/c1-19-10-11-20(17,18)15-8-6-13(7-9-15)12-2-4-14(16)5-3-12/h2-5,13,16H,6-11H2,1H3. The molecule has 1 aliphatic heterocycles. The number of nitrogens with zero attached hydrogens (tertiary/aromatic N) is 1. The van der Waals surface area contributed by atoms with E-state index in [1.165, 1.54) is 7.11 Å². The van der Waals surface area contributed by atoms with Crippen molar-refractivity contribution < 1.29 is 18.3 Å². The third-order valence-electron chi connectivity index (χ3n) is 3.76. The van der Waals surface area contributed by atoms with Crippen molar-refractivity contribution >= 4 is 10.0 Å². The first-order valence-corrected chi connectivity index (χ1v) is 8.39. The molecule has 6 heteroatoms. The van der Waals surface area contributed by atoms with Gasteiger partial charge in [0.25, 0.3) is 0 Å². The minimum absolute atomic E-state index is 0.0490. The van der Waals surface area contributed by atoms with Gasteiger partial charge in [0, 0.05) is 20.2 Å². The van der Waals surface area contributed by atoms with E-state index >= 15 is 0 Å². The molecular formula is C14H21NO4S. The Morgan fingerprint density at radius 2 is 1.85 bits per heavy atom. The average molecular weight is 299 g/mol. The first kappa shape index (κ1) is 15.3. The summed E-state index contributed by atoms with van der Waals surface area (Å²) in [6.45, 7) is 1.34. The number of hydrogen-bond donors (Lipinski definition) is 1. The topological polar surface area (TPSA) is 66.8 Å². The fourth-order valence-electron chi connectivity index (χ4n) is 2.53. The fourth-order valence-corrected chi connectivity index (χ4v) is 3.93. The lowest BCUT2D eigenvalue weighted by molar-refractivity contribution is 0.214. The molecule has 20 heavy (non-hydrogen) atoms. The third kappa shape index (κ3) is 3.71. The quantitative estimate of drug-likeness (QED) is 0.896. The van der Waals surface area contributed by atoms with Crippen LogP contribution in [0.15, 0.2) is 24.3 Å². The van der Waals surface area contributed by atoms with Crippen LogP contribution in [0.1, 0.15) is 24.3 Å². The van der Waals surface area contributed by atoms with Gasteiger partial charge in [-0.05, 0) is 36.5 Å². The van der Waals surface area contributed by atoms with E-state index in [4.69, 9.17) is 4.74 Å². The number of phenolic OH excluding ortho intramolecular Hbond substituents is 1. The number of piperidine rings is 1. The van der Waals surface area contributed by atoms with E-state index in [0.29, 0.717) is 19.0 Å². The van der Waals surface area contributed by atoms with E-state index in [1.807, 2.05) is 12.1 Å².